The number of nitrogens with one attached hydrogen (secondary N) is 1. The number of hydrogen-bond acceptors (Lipinski definition) is 4. The van der Waals surface area contributed by atoms with E-state index in [1.54, 1.807) is 0 Å². The molecule has 2 atom stereocenters. The van der Waals surface area contributed by atoms with Crippen molar-refractivity contribution in [1.82, 2.24) is 10.2 Å². The smallest absolute Gasteiger partial charge is 0.148 e. The van der Waals surface area contributed by atoms with Crippen LogP contribution in [0.15, 0.2) is 0 Å². The Bertz CT molecular complexity index is 365. The first kappa shape index (κ1) is 15.9. The van der Waals surface area contributed by atoms with Crippen LogP contribution in [0, 0.1) is 5.92 Å². The molecule has 0 aliphatic carbocycles. The van der Waals surface area contributed by atoms with Gasteiger partial charge in [0.05, 0.1) is 5.75 Å². The van der Waals surface area contributed by atoms with Gasteiger partial charge in [-0.1, -0.05) is 20.3 Å². The molecule has 1 N–H and O–H groups in total. The number of hydrogen-bond donors (Lipinski definition) is 1. The Hall–Kier alpha value is -0.130. The fraction of sp³-hybridized carbons (Fsp3) is 1.00. The van der Waals surface area contributed by atoms with Gasteiger partial charge in [-0.05, 0) is 19.8 Å². The van der Waals surface area contributed by atoms with Crippen LogP contribution < -0.4 is 5.32 Å². The highest BCUT2D eigenvalue weighted by Gasteiger charge is 2.35. The molecule has 18 heavy (non-hydrogen) atoms. The van der Waals surface area contributed by atoms with Crippen LogP contribution in [0.3, 0.4) is 0 Å². The van der Waals surface area contributed by atoms with E-state index in [0.717, 1.165) is 19.5 Å². The van der Waals surface area contributed by atoms with Crippen LogP contribution in [0.2, 0.25) is 0 Å². The van der Waals surface area contributed by atoms with Crippen molar-refractivity contribution in [2.24, 2.45) is 5.92 Å². The van der Waals surface area contributed by atoms with Gasteiger partial charge in [0.15, 0.2) is 0 Å². The van der Waals surface area contributed by atoms with E-state index in [4.69, 9.17) is 0 Å². The van der Waals surface area contributed by atoms with Crippen molar-refractivity contribution in [1.29, 1.82) is 0 Å². The third-order valence-electron chi connectivity index (χ3n) is 4.13. The summed E-state index contributed by atoms with van der Waals surface area (Å²) < 4.78 is 22.6. The van der Waals surface area contributed by atoms with E-state index in [-0.39, 0.29) is 11.3 Å². The number of sulfone groups is 1. The second-order valence-electron chi connectivity index (χ2n) is 6.26. The van der Waals surface area contributed by atoms with Crippen molar-refractivity contribution in [2.45, 2.75) is 45.7 Å². The Morgan fingerprint density at radius 3 is 2.56 bits per heavy atom. The number of nitrogens with zero attached hydrogens (tertiary/aromatic N) is 1. The lowest BCUT2D eigenvalue weighted by Gasteiger charge is -2.47. The predicted octanol–water partition coefficient (Wildman–Crippen LogP) is 1.13. The van der Waals surface area contributed by atoms with Gasteiger partial charge in [0.1, 0.15) is 9.84 Å². The quantitative estimate of drug-likeness (QED) is 0.818. The van der Waals surface area contributed by atoms with Gasteiger partial charge < -0.3 is 5.32 Å². The highest BCUT2D eigenvalue weighted by molar-refractivity contribution is 7.90. The number of piperazine rings is 1. The Balaban J connectivity index is 2.66. The van der Waals surface area contributed by atoms with Gasteiger partial charge >= 0.3 is 0 Å². The molecule has 1 fully saturated rings. The van der Waals surface area contributed by atoms with Crippen molar-refractivity contribution in [3.05, 3.63) is 0 Å². The maximum absolute atomic E-state index is 11.3. The van der Waals surface area contributed by atoms with Gasteiger partial charge in [-0.2, -0.15) is 0 Å². The maximum Gasteiger partial charge on any atom is 0.148 e. The summed E-state index contributed by atoms with van der Waals surface area (Å²) in [6.45, 7) is 11.3. The van der Waals surface area contributed by atoms with Gasteiger partial charge in [-0.3, -0.25) is 4.90 Å². The zero-order valence-corrected chi connectivity index (χ0v) is 13.2. The summed E-state index contributed by atoms with van der Waals surface area (Å²) in [5.74, 6) is 0.880. The standard InChI is InChI=1S/C13H28N2O2S/c1-6-11(2)12-9-15(7-8-18(5,16)17)13(3,4)10-14-12/h11-12,14H,6-10H2,1-5H3. The zero-order valence-electron chi connectivity index (χ0n) is 12.4. The molecule has 1 aliphatic heterocycles. The van der Waals surface area contributed by atoms with E-state index < -0.39 is 9.84 Å². The Kier molecular flexibility index (Phi) is 5.21. The molecule has 0 aromatic carbocycles. The monoisotopic (exact) mass is 276 g/mol. The fourth-order valence-electron chi connectivity index (χ4n) is 2.38. The molecule has 0 bridgehead atoms. The first-order valence-electron chi connectivity index (χ1n) is 6.82. The average molecular weight is 276 g/mol. The molecular weight excluding hydrogens is 248 g/mol. The summed E-state index contributed by atoms with van der Waals surface area (Å²) in [5, 5.41) is 3.60. The molecule has 0 amide bonds. The lowest BCUT2D eigenvalue weighted by atomic mass is 9.91. The number of rotatable bonds is 5. The van der Waals surface area contributed by atoms with E-state index in [1.807, 2.05) is 0 Å². The fourth-order valence-corrected chi connectivity index (χ4v) is 2.93. The highest BCUT2D eigenvalue weighted by atomic mass is 32.2. The molecule has 4 nitrogen and oxygen atoms in total. The molecule has 0 aromatic rings. The van der Waals surface area contributed by atoms with Crippen LogP contribution in [0.5, 0.6) is 0 Å². The van der Waals surface area contributed by atoms with Crippen LogP contribution in [-0.4, -0.2) is 56.5 Å². The maximum atomic E-state index is 11.3. The summed E-state index contributed by atoms with van der Waals surface area (Å²) >= 11 is 0. The third-order valence-corrected chi connectivity index (χ3v) is 5.06. The van der Waals surface area contributed by atoms with E-state index in [1.165, 1.54) is 6.26 Å². The molecule has 2 unspecified atom stereocenters. The third kappa shape index (κ3) is 4.52. The zero-order chi connectivity index (χ0) is 14.0. The second kappa shape index (κ2) is 5.88. The molecular formula is C13H28N2O2S. The van der Waals surface area contributed by atoms with E-state index in [2.05, 4.69) is 37.9 Å². The van der Waals surface area contributed by atoms with E-state index in [9.17, 15) is 8.42 Å². The van der Waals surface area contributed by atoms with Crippen molar-refractivity contribution in [3.8, 4) is 0 Å². The van der Waals surface area contributed by atoms with Gasteiger partial charge in [0.2, 0.25) is 0 Å². The molecule has 1 saturated heterocycles. The van der Waals surface area contributed by atoms with Crippen molar-refractivity contribution >= 4 is 9.84 Å². The first-order chi connectivity index (χ1) is 8.15. The van der Waals surface area contributed by atoms with Crippen LogP contribution in [0.25, 0.3) is 0 Å². The molecule has 0 saturated carbocycles. The van der Waals surface area contributed by atoms with Crippen molar-refractivity contribution in [3.63, 3.8) is 0 Å². The topological polar surface area (TPSA) is 49.4 Å². The molecule has 0 spiro atoms. The minimum absolute atomic E-state index is 0.0364. The van der Waals surface area contributed by atoms with Crippen molar-refractivity contribution in [2.75, 3.05) is 31.6 Å². The minimum atomic E-state index is -2.88. The van der Waals surface area contributed by atoms with Gasteiger partial charge in [0, 0.05) is 37.5 Å². The van der Waals surface area contributed by atoms with Gasteiger partial charge in [-0.15, -0.1) is 0 Å². The highest BCUT2D eigenvalue weighted by Crippen LogP contribution is 2.22. The lowest BCUT2D eigenvalue weighted by Crippen LogP contribution is -2.63. The van der Waals surface area contributed by atoms with Crippen LogP contribution in [0.4, 0.5) is 0 Å². The van der Waals surface area contributed by atoms with Gasteiger partial charge in [0.25, 0.3) is 0 Å². The molecule has 1 aliphatic rings. The summed E-state index contributed by atoms with van der Waals surface area (Å²) in [6.07, 6.45) is 2.46. The van der Waals surface area contributed by atoms with Crippen LogP contribution in [0.1, 0.15) is 34.1 Å². The van der Waals surface area contributed by atoms with E-state index >= 15 is 0 Å². The Morgan fingerprint density at radius 2 is 2.06 bits per heavy atom. The van der Waals surface area contributed by atoms with E-state index in [0.29, 0.717) is 18.5 Å². The van der Waals surface area contributed by atoms with Crippen LogP contribution in [-0.2, 0) is 9.84 Å². The lowest BCUT2D eigenvalue weighted by molar-refractivity contribution is 0.0578. The summed E-state index contributed by atoms with van der Waals surface area (Å²) in [5.41, 5.74) is 0.0364. The predicted molar refractivity (Wildman–Crippen MR) is 76.6 cm³/mol. The molecule has 5 heteroatoms. The Labute approximate surface area is 112 Å². The normalized spacial score (nSPS) is 27.1. The molecule has 0 aromatic heterocycles. The largest absolute Gasteiger partial charge is 0.311 e. The summed E-state index contributed by atoms with van der Waals surface area (Å²) in [7, 11) is -2.88. The molecule has 1 rings (SSSR count). The average Bonchev–Trinajstić information content (AvgIpc) is 2.25. The molecule has 1 heterocycles. The first-order valence-corrected chi connectivity index (χ1v) is 8.88. The van der Waals surface area contributed by atoms with Gasteiger partial charge in [-0.25, -0.2) is 8.42 Å². The minimum Gasteiger partial charge on any atom is -0.311 e. The van der Waals surface area contributed by atoms with Crippen molar-refractivity contribution < 1.29 is 8.42 Å². The second-order valence-corrected chi connectivity index (χ2v) is 8.52. The molecule has 108 valence electrons. The molecule has 0 radical (unpaired) electrons. The van der Waals surface area contributed by atoms with Crippen LogP contribution >= 0.6 is 0 Å². The summed E-state index contributed by atoms with van der Waals surface area (Å²) in [4.78, 5) is 2.32. The Morgan fingerprint density at radius 1 is 1.44 bits per heavy atom. The SMILES string of the molecule is CCC(C)C1CN(CCS(C)(=O)=O)C(C)(C)CN1. The summed E-state index contributed by atoms with van der Waals surface area (Å²) in [6, 6.07) is 0.475.